The number of rotatable bonds is 16. The summed E-state index contributed by atoms with van der Waals surface area (Å²) in [6, 6.07) is 0. The summed E-state index contributed by atoms with van der Waals surface area (Å²) in [5.74, 6) is -4.58. The van der Waals surface area contributed by atoms with Gasteiger partial charge in [-0.3, -0.25) is 19.2 Å². The van der Waals surface area contributed by atoms with Crippen LogP contribution in [0.5, 0.6) is 0 Å². The fourth-order valence-corrected chi connectivity index (χ4v) is 2.07. The highest BCUT2D eigenvalue weighted by molar-refractivity contribution is 6.32. The molecule has 0 atom stereocenters. The van der Waals surface area contributed by atoms with Gasteiger partial charge in [-0.1, -0.05) is 32.1 Å². The molecule has 10 heteroatoms. The third-order valence-corrected chi connectivity index (χ3v) is 3.66. The van der Waals surface area contributed by atoms with Gasteiger partial charge < -0.3 is 18.9 Å². The van der Waals surface area contributed by atoms with E-state index in [4.69, 9.17) is 0 Å². The molecular formula is C19H28O10. The molecule has 0 saturated heterocycles. The van der Waals surface area contributed by atoms with Crippen LogP contribution in [0.3, 0.4) is 0 Å². The van der Waals surface area contributed by atoms with E-state index in [-0.39, 0.29) is 12.8 Å². The van der Waals surface area contributed by atoms with Gasteiger partial charge >= 0.3 is 23.9 Å². The molecule has 0 fully saturated rings. The number of ketones is 2. The lowest BCUT2D eigenvalue weighted by atomic mass is 10.1. The molecule has 0 spiro atoms. The highest BCUT2D eigenvalue weighted by Gasteiger charge is 2.11. The minimum absolute atomic E-state index is 0.206. The average molecular weight is 416 g/mol. The fourth-order valence-electron chi connectivity index (χ4n) is 2.07. The Kier molecular flexibility index (Phi) is 14.6. The molecule has 0 saturated carbocycles. The van der Waals surface area contributed by atoms with Gasteiger partial charge in [-0.25, -0.2) is 9.59 Å². The Morgan fingerprint density at radius 2 is 0.793 bits per heavy atom. The summed E-state index contributed by atoms with van der Waals surface area (Å²) in [7, 11) is 0. The standard InChI is InChI=1S/C19H28O10/c1-14(20)18(24)28-12-26-16(22)10-8-6-4-3-5-7-9-11-17(23)27-13-29-19(25)15(2)21/h3-13H2,1-2H3. The maximum absolute atomic E-state index is 11.4. The molecule has 0 aromatic heterocycles. The number of esters is 4. The molecule has 164 valence electrons. The monoisotopic (exact) mass is 416 g/mol. The largest absolute Gasteiger partial charge is 0.428 e. The number of unbranched alkanes of at least 4 members (excludes halogenated alkanes) is 6. The lowest BCUT2D eigenvalue weighted by molar-refractivity contribution is -0.171. The zero-order chi connectivity index (χ0) is 22.1. The first kappa shape index (κ1) is 26.2. The summed E-state index contributed by atoms with van der Waals surface area (Å²) in [5, 5.41) is 0. The predicted molar refractivity (Wildman–Crippen MR) is 97.0 cm³/mol. The van der Waals surface area contributed by atoms with Crippen LogP contribution in [0.4, 0.5) is 0 Å². The van der Waals surface area contributed by atoms with E-state index < -0.39 is 49.0 Å². The molecule has 0 aliphatic carbocycles. The lowest BCUT2D eigenvalue weighted by Gasteiger charge is -2.06. The molecule has 10 nitrogen and oxygen atoms in total. The van der Waals surface area contributed by atoms with Gasteiger partial charge in [0.05, 0.1) is 0 Å². The van der Waals surface area contributed by atoms with Crippen LogP contribution in [0.25, 0.3) is 0 Å². The van der Waals surface area contributed by atoms with Gasteiger partial charge in [0.1, 0.15) is 0 Å². The van der Waals surface area contributed by atoms with Crippen molar-refractivity contribution in [3.05, 3.63) is 0 Å². The Hall–Kier alpha value is -2.78. The molecule has 0 bridgehead atoms. The van der Waals surface area contributed by atoms with Gasteiger partial charge in [0, 0.05) is 26.7 Å². The van der Waals surface area contributed by atoms with Crippen LogP contribution in [0, 0.1) is 0 Å². The molecule has 0 radical (unpaired) electrons. The van der Waals surface area contributed by atoms with Crippen LogP contribution >= 0.6 is 0 Å². The normalized spacial score (nSPS) is 10.0. The van der Waals surface area contributed by atoms with Crippen molar-refractivity contribution in [3.8, 4) is 0 Å². The predicted octanol–water partition coefficient (Wildman–Crippen LogP) is 1.76. The van der Waals surface area contributed by atoms with Crippen LogP contribution in [-0.2, 0) is 47.7 Å². The minimum Gasteiger partial charge on any atom is -0.428 e. The molecule has 0 rings (SSSR count). The first-order valence-corrected chi connectivity index (χ1v) is 9.40. The average Bonchev–Trinajstić information content (AvgIpc) is 2.66. The maximum Gasteiger partial charge on any atom is 0.377 e. The molecule has 0 aromatic carbocycles. The van der Waals surface area contributed by atoms with Gasteiger partial charge in [0.25, 0.3) is 0 Å². The number of hydrogen-bond donors (Lipinski definition) is 0. The van der Waals surface area contributed by atoms with E-state index >= 15 is 0 Å². The smallest absolute Gasteiger partial charge is 0.377 e. The van der Waals surface area contributed by atoms with E-state index in [1.807, 2.05) is 0 Å². The number of hydrogen-bond acceptors (Lipinski definition) is 10. The van der Waals surface area contributed by atoms with E-state index in [2.05, 4.69) is 18.9 Å². The van der Waals surface area contributed by atoms with E-state index in [1.54, 1.807) is 0 Å². The van der Waals surface area contributed by atoms with Crippen molar-refractivity contribution in [1.29, 1.82) is 0 Å². The molecule has 0 heterocycles. The van der Waals surface area contributed by atoms with Gasteiger partial charge in [-0.05, 0) is 12.8 Å². The Bertz CT molecular complexity index is 532. The number of ether oxygens (including phenoxy) is 4. The van der Waals surface area contributed by atoms with Gasteiger partial charge in [0.2, 0.25) is 25.2 Å². The van der Waals surface area contributed by atoms with Gasteiger partial charge in [-0.2, -0.15) is 0 Å². The molecule has 0 unspecified atom stereocenters. The zero-order valence-electron chi connectivity index (χ0n) is 16.9. The summed E-state index contributed by atoms with van der Waals surface area (Å²) in [4.78, 5) is 65.7. The van der Waals surface area contributed by atoms with E-state index in [1.165, 1.54) is 0 Å². The van der Waals surface area contributed by atoms with Crippen LogP contribution in [-0.4, -0.2) is 49.0 Å². The quantitative estimate of drug-likeness (QED) is 0.158. The van der Waals surface area contributed by atoms with Crippen molar-refractivity contribution < 1.29 is 47.7 Å². The van der Waals surface area contributed by atoms with Gasteiger partial charge in [-0.15, -0.1) is 0 Å². The zero-order valence-corrected chi connectivity index (χ0v) is 16.9. The maximum atomic E-state index is 11.4. The molecule has 0 aromatic rings. The van der Waals surface area contributed by atoms with Crippen molar-refractivity contribution in [1.82, 2.24) is 0 Å². The molecule has 0 aliphatic heterocycles. The Morgan fingerprint density at radius 3 is 1.10 bits per heavy atom. The highest BCUT2D eigenvalue weighted by Crippen LogP contribution is 2.10. The van der Waals surface area contributed by atoms with Gasteiger partial charge in [0.15, 0.2) is 0 Å². The second-order valence-corrected chi connectivity index (χ2v) is 6.22. The topological polar surface area (TPSA) is 139 Å². The second kappa shape index (κ2) is 16.2. The summed E-state index contributed by atoms with van der Waals surface area (Å²) in [6.45, 7) is 1.01. The van der Waals surface area contributed by atoms with Crippen LogP contribution < -0.4 is 0 Å². The number of carbonyl (C=O) groups is 6. The highest BCUT2D eigenvalue weighted by atomic mass is 16.7. The Morgan fingerprint density at radius 1 is 0.483 bits per heavy atom. The lowest BCUT2D eigenvalue weighted by Crippen LogP contribution is -2.17. The van der Waals surface area contributed by atoms with E-state index in [9.17, 15) is 28.8 Å². The van der Waals surface area contributed by atoms with Crippen LogP contribution in [0.2, 0.25) is 0 Å². The number of Topliss-reactive ketones (excluding diaryl/α,β-unsaturated/α-hetero) is 2. The summed E-state index contributed by atoms with van der Waals surface area (Å²) in [6.07, 6.45) is 6.19. The summed E-state index contributed by atoms with van der Waals surface area (Å²) < 4.78 is 18.2. The van der Waals surface area contributed by atoms with Crippen molar-refractivity contribution in [2.24, 2.45) is 0 Å². The minimum atomic E-state index is -1.04. The molecule has 0 aliphatic rings. The van der Waals surface area contributed by atoms with Crippen molar-refractivity contribution in [3.63, 3.8) is 0 Å². The summed E-state index contributed by atoms with van der Waals surface area (Å²) in [5.41, 5.74) is 0. The van der Waals surface area contributed by atoms with E-state index in [0.717, 1.165) is 46.0 Å². The first-order chi connectivity index (χ1) is 13.7. The third-order valence-electron chi connectivity index (χ3n) is 3.66. The third kappa shape index (κ3) is 15.9. The Balaban J connectivity index is 3.44. The summed E-state index contributed by atoms with van der Waals surface area (Å²) >= 11 is 0. The fraction of sp³-hybridized carbons (Fsp3) is 0.684. The molecule has 29 heavy (non-hydrogen) atoms. The van der Waals surface area contributed by atoms with Crippen LogP contribution in [0.15, 0.2) is 0 Å². The Labute approximate surface area is 169 Å². The molecular weight excluding hydrogens is 388 g/mol. The van der Waals surface area contributed by atoms with Crippen molar-refractivity contribution >= 4 is 35.4 Å². The molecule has 0 N–H and O–H groups in total. The molecule has 0 amide bonds. The SMILES string of the molecule is CC(=O)C(=O)OCOC(=O)CCCCCCCCCC(=O)OCOC(=O)C(C)=O. The number of carbonyl (C=O) groups excluding carboxylic acids is 6. The van der Waals surface area contributed by atoms with E-state index in [0.29, 0.717) is 12.8 Å². The van der Waals surface area contributed by atoms with Crippen LogP contribution in [0.1, 0.15) is 71.6 Å². The second-order valence-electron chi connectivity index (χ2n) is 6.22. The first-order valence-electron chi connectivity index (χ1n) is 9.40. The van der Waals surface area contributed by atoms with Crippen molar-refractivity contribution in [2.45, 2.75) is 71.6 Å². The van der Waals surface area contributed by atoms with Crippen molar-refractivity contribution in [2.75, 3.05) is 13.6 Å².